The highest BCUT2D eigenvalue weighted by Gasteiger charge is 2.22. The van der Waals surface area contributed by atoms with Gasteiger partial charge < -0.3 is 34.7 Å². The standard InChI is InChI=1S/C37H36N6O4/c1-45-29-4-2-3-25(15-29)22-43-13-9-26-17-28(5-6-34(26)43)41-37-27(20-38)21-40-32-19-35(47-30-10-14-46-23-30)33(18-31(32)37)42-36(44)16-24-7-11-39-12-8-24/h2-6,9,13,15-19,21,30,39H,7-8,10-12,14,22-23H2,1H3,(H,40,41)(H,42,44). The molecule has 2 saturated heterocycles. The van der Waals surface area contributed by atoms with Gasteiger partial charge in [-0.2, -0.15) is 5.26 Å². The van der Waals surface area contributed by atoms with E-state index >= 15 is 0 Å². The fraction of sp³-hybridized carbons (Fsp3) is 0.270. The van der Waals surface area contributed by atoms with Gasteiger partial charge in [0.2, 0.25) is 5.91 Å². The van der Waals surface area contributed by atoms with Crippen LogP contribution in [0.15, 0.2) is 84.7 Å². The van der Waals surface area contributed by atoms with Gasteiger partial charge in [-0.1, -0.05) is 17.7 Å². The number of fused-ring (bicyclic) bond motifs is 2. The third kappa shape index (κ3) is 6.77. The number of carbonyl (C=O) groups excluding carboxylic acids is 1. The number of aromatic nitrogens is 2. The Hall–Kier alpha value is -5.37. The number of anilines is 3. The summed E-state index contributed by atoms with van der Waals surface area (Å²) >= 11 is 0. The Morgan fingerprint density at radius 2 is 2.06 bits per heavy atom. The molecular formula is C37H36N6O4. The number of nitriles is 1. The molecule has 0 radical (unpaired) electrons. The Bertz CT molecular complexity index is 2010. The molecule has 10 nitrogen and oxygen atoms in total. The van der Waals surface area contributed by atoms with E-state index in [0.717, 1.165) is 65.8 Å². The van der Waals surface area contributed by atoms with Crippen LogP contribution in [-0.2, 0) is 16.1 Å². The van der Waals surface area contributed by atoms with Crippen LogP contribution < -0.4 is 25.4 Å². The van der Waals surface area contributed by atoms with E-state index in [9.17, 15) is 10.1 Å². The molecule has 2 aliphatic heterocycles. The lowest BCUT2D eigenvalue weighted by Gasteiger charge is -2.19. The lowest BCUT2D eigenvalue weighted by molar-refractivity contribution is -0.112. The molecule has 0 bridgehead atoms. The molecule has 2 aliphatic rings. The summed E-state index contributed by atoms with van der Waals surface area (Å²) in [5.41, 5.74) is 6.32. The highest BCUT2D eigenvalue weighted by atomic mass is 16.5. The maximum Gasteiger partial charge on any atom is 0.248 e. The number of rotatable bonds is 9. The van der Waals surface area contributed by atoms with Crippen molar-refractivity contribution in [3.8, 4) is 17.6 Å². The number of piperidine rings is 1. The van der Waals surface area contributed by atoms with Gasteiger partial charge in [-0.15, -0.1) is 0 Å². The zero-order valence-electron chi connectivity index (χ0n) is 26.2. The minimum absolute atomic E-state index is 0.121. The van der Waals surface area contributed by atoms with Crippen molar-refractivity contribution in [2.45, 2.75) is 31.9 Å². The number of ether oxygens (including phenoxy) is 3. The molecule has 1 unspecified atom stereocenters. The molecule has 4 heterocycles. The van der Waals surface area contributed by atoms with Crippen molar-refractivity contribution < 1.29 is 19.0 Å². The van der Waals surface area contributed by atoms with Crippen molar-refractivity contribution in [3.05, 3.63) is 95.8 Å². The number of benzene rings is 3. The molecule has 1 atom stereocenters. The summed E-state index contributed by atoms with van der Waals surface area (Å²) in [4.78, 5) is 17.8. The van der Waals surface area contributed by atoms with Crippen LogP contribution in [0.25, 0.3) is 21.8 Å². The van der Waals surface area contributed by atoms with E-state index in [0.29, 0.717) is 53.3 Å². The predicted octanol–water partition coefficient (Wildman–Crippen LogP) is 6.28. The number of carbonyl (C=O) groups is 1. The van der Waals surface area contributed by atoms with E-state index in [-0.39, 0.29) is 12.0 Å². The van der Waals surface area contributed by atoms with Crippen molar-refractivity contribution in [2.24, 2.45) is 0 Å². The van der Waals surface area contributed by atoms with Crippen LogP contribution in [0.5, 0.6) is 11.5 Å². The molecule has 10 heteroatoms. The summed E-state index contributed by atoms with van der Waals surface area (Å²) in [5.74, 6) is 1.14. The van der Waals surface area contributed by atoms with Crippen LogP contribution in [0, 0.1) is 11.3 Å². The summed E-state index contributed by atoms with van der Waals surface area (Å²) in [6, 6.07) is 22.2. The second-order valence-corrected chi connectivity index (χ2v) is 11.9. The molecule has 2 fully saturated rings. The smallest absolute Gasteiger partial charge is 0.248 e. The summed E-state index contributed by atoms with van der Waals surface area (Å²) in [7, 11) is 1.67. The average molecular weight is 629 g/mol. The van der Waals surface area contributed by atoms with Gasteiger partial charge in [-0.05, 0) is 74.0 Å². The molecule has 47 heavy (non-hydrogen) atoms. The number of nitrogens with zero attached hydrogens (tertiary/aromatic N) is 3. The van der Waals surface area contributed by atoms with Gasteiger partial charge in [0.05, 0.1) is 42.8 Å². The van der Waals surface area contributed by atoms with Gasteiger partial charge >= 0.3 is 0 Å². The van der Waals surface area contributed by atoms with E-state index in [4.69, 9.17) is 14.2 Å². The Morgan fingerprint density at radius 3 is 2.87 bits per heavy atom. The zero-order chi connectivity index (χ0) is 32.2. The lowest BCUT2D eigenvalue weighted by atomic mass is 10.0. The minimum Gasteiger partial charge on any atom is -0.497 e. The maximum absolute atomic E-state index is 13.2. The van der Waals surface area contributed by atoms with Crippen molar-refractivity contribution in [1.82, 2.24) is 14.9 Å². The first kappa shape index (κ1) is 30.3. The minimum atomic E-state index is -0.211. The average Bonchev–Trinajstić information content (AvgIpc) is 3.75. The summed E-state index contributed by atoms with van der Waals surface area (Å²) < 4.78 is 19.4. The van der Waals surface area contributed by atoms with Crippen molar-refractivity contribution in [3.63, 3.8) is 0 Å². The summed E-state index contributed by atoms with van der Waals surface area (Å²) in [5, 5.41) is 21.7. The Labute approximate surface area is 272 Å². The molecular weight excluding hydrogens is 592 g/mol. The number of hydrogen-bond donors (Lipinski definition) is 3. The first-order valence-corrected chi connectivity index (χ1v) is 15.9. The lowest BCUT2D eigenvalue weighted by Crippen LogP contribution is -2.24. The fourth-order valence-corrected chi connectivity index (χ4v) is 6.19. The van der Waals surface area contributed by atoms with Crippen molar-refractivity contribution >= 4 is 44.8 Å². The van der Waals surface area contributed by atoms with Crippen molar-refractivity contribution in [1.29, 1.82) is 5.26 Å². The van der Waals surface area contributed by atoms with Gasteiger partial charge in [0.1, 0.15) is 23.7 Å². The number of amides is 1. The molecule has 2 aromatic heterocycles. The van der Waals surface area contributed by atoms with Crippen molar-refractivity contribution in [2.75, 3.05) is 44.0 Å². The summed E-state index contributed by atoms with van der Waals surface area (Å²) in [6.45, 7) is 3.55. The molecule has 3 N–H and O–H groups in total. The van der Waals surface area contributed by atoms with Gasteiger partial charge in [0.15, 0.2) is 0 Å². The number of methoxy groups -OCH3 is 1. The first-order chi connectivity index (χ1) is 23.1. The quantitative estimate of drug-likeness (QED) is 0.163. The number of nitrogens with one attached hydrogen (secondary N) is 3. The molecule has 7 rings (SSSR count). The van der Waals surface area contributed by atoms with Crippen LogP contribution in [0.4, 0.5) is 17.1 Å². The third-order valence-corrected chi connectivity index (χ3v) is 8.64. The van der Waals surface area contributed by atoms with E-state index in [2.05, 4.69) is 62.0 Å². The number of pyridine rings is 1. The SMILES string of the molecule is COc1cccc(Cn2ccc3cc(Nc4c(C#N)cnc5cc(OC6CCOC6)c(NC(=O)C=C6CCNCC6)cc45)ccc32)c1. The first-order valence-electron chi connectivity index (χ1n) is 15.9. The Balaban J connectivity index is 1.22. The highest BCUT2D eigenvalue weighted by molar-refractivity contribution is 6.05. The van der Waals surface area contributed by atoms with Gasteiger partial charge in [-0.3, -0.25) is 9.78 Å². The number of hydrogen-bond acceptors (Lipinski definition) is 8. The molecule has 0 saturated carbocycles. The van der Waals surface area contributed by atoms with E-state index in [1.807, 2.05) is 36.4 Å². The van der Waals surface area contributed by atoms with Gasteiger partial charge in [0, 0.05) is 59.5 Å². The third-order valence-electron chi connectivity index (χ3n) is 8.64. The van der Waals surface area contributed by atoms with Gasteiger partial charge in [0.25, 0.3) is 0 Å². The van der Waals surface area contributed by atoms with Crippen LogP contribution in [-0.4, -0.2) is 55.0 Å². The maximum atomic E-state index is 13.2. The topological polar surface area (TPSA) is 122 Å². The van der Waals surface area contributed by atoms with Gasteiger partial charge in [-0.25, -0.2) is 0 Å². The predicted molar refractivity (Wildman–Crippen MR) is 182 cm³/mol. The highest BCUT2D eigenvalue weighted by Crippen LogP contribution is 2.37. The molecule has 1 amide bonds. The Morgan fingerprint density at radius 1 is 1.17 bits per heavy atom. The molecule has 5 aromatic rings. The second-order valence-electron chi connectivity index (χ2n) is 11.9. The Kier molecular flexibility index (Phi) is 8.73. The van der Waals surface area contributed by atoms with E-state index in [1.54, 1.807) is 19.4 Å². The normalized spacial score (nSPS) is 16.2. The second kappa shape index (κ2) is 13.5. The molecule has 0 spiro atoms. The molecule has 238 valence electrons. The van der Waals surface area contributed by atoms with Crippen LogP contribution in [0.3, 0.4) is 0 Å². The van der Waals surface area contributed by atoms with Crippen LogP contribution in [0.1, 0.15) is 30.4 Å². The fourth-order valence-electron chi connectivity index (χ4n) is 6.19. The summed E-state index contributed by atoms with van der Waals surface area (Å²) in [6.07, 6.45) is 7.65. The van der Waals surface area contributed by atoms with E-state index < -0.39 is 0 Å². The van der Waals surface area contributed by atoms with Crippen LogP contribution in [0.2, 0.25) is 0 Å². The zero-order valence-corrected chi connectivity index (χ0v) is 26.2. The molecule has 3 aromatic carbocycles. The van der Waals surface area contributed by atoms with Crippen LogP contribution >= 0.6 is 0 Å². The largest absolute Gasteiger partial charge is 0.497 e. The van der Waals surface area contributed by atoms with E-state index in [1.165, 1.54) is 0 Å². The monoisotopic (exact) mass is 628 g/mol. The molecule has 0 aliphatic carbocycles.